The summed E-state index contributed by atoms with van der Waals surface area (Å²) in [5, 5.41) is 4.43. The Bertz CT molecular complexity index is 933. The molecule has 0 aliphatic heterocycles. The number of aromatic nitrogens is 2. The normalized spacial score (nSPS) is 11.4. The largest absolute Gasteiger partial charge is 0.383 e. The molecule has 20 heavy (non-hydrogen) atoms. The first-order valence-electron chi connectivity index (χ1n) is 6.45. The fourth-order valence-corrected chi connectivity index (χ4v) is 3.42. The number of pyridine rings is 1. The van der Waals surface area contributed by atoms with Gasteiger partial charge in [-0.2, -0.15) is 0 Å². The van der Waals surface area contributed by atoms with Gasteiger partial charge in [-0.15, -0.1) is 11.3 Å². The third-order valence-electron chi connectivity index (χ3n) is 3.52. The molecule has 1 aromatic carbocycles. The van der Waals surface area contributed by atoms with Gasteiger partial charge in [0.1, 0.15) is 17.2 Å². The first-order chi connectivity index (χ1) is 9.74. The molecule has 3 heterocycles. The highest BCUT2D eigenvalue weighted by Gasteiger charge is 2.14. The molecular formula is C16H13N3S. The molecule has 98 valence electrons. The van der Waals surface area contributed by atoms with Crippen molar-refractivity contribution in [3.8, 4) is 10.6 Å². The number of fused-ring (bicyclic) bond motifs is 3. The van der Waals surface area contributed by atoms with Crippen molar-refractivity contribution in [2.75, 3.05) is 5.73 Å². The van der Waals surface area contributed by atoms with Gasteiger partial charge < -0.3 is 5.73 Å². The van der Waals surface area contributed by atoms with E-state index in [9.17, 15) is 0 Å². The van der Waals surface area contributed by atoms with E-state index >= 15 is 0 Å². The highest BCUT2D eigenvalue weighted by atomic mass is 32.1. The minimum absolute atomic E-state index is 0.701. The van der Waals surface area contributed by atoms with Crippen molar-refractivity contribution >= 4 is 33.6 Å². The van der Waals surface area contributed by atoms with Gasteiger partial charge in [-0.25, -0.2) is 4.98 Å². The molecule has 0 radical (unpaired) electrons. The molecule has 0 unspecified atom stereocenters. The highest BCUT2D eigenvalue weighted by molar-refractivity contribution is 7.13. The summed E-state index contributed by atoms with van der Waals surface area (Å²) in [6, 6.07) is 12.4. The summed E-state index contributed by atoms with van der Waals surface area (Å²) in [5.41, 5.74) is 9.31. The number of imidazole rings is 1. The Kier molecular flexibility index (Phi) is 2.35. The maximum atomic E-state index is 6.28. The number of nitrogen functional groups attached to an aromatic ring is 1. The molecule has 0 spiro atoms. The van der Waals surface area contributed by atoms with Crippen molar-refractivity contribution in [1.82, 2.24) is 9.38 Å². The van der Waals surface area contributed by atoms with Gasteiger partial charge in [0.2, 0.25) is 0 Å². The van der Waals surface area contributed by atoms with E-state index < -0.39 is 0 Å². The summed E-state index contributed by atoms with van der Waals surface area (Å²) >= 11 is 1.68. The van der Waals surface area contributed by atoms with Crippen LogP contribution in [0.3, 0.4) is 0 Å². The van der Waals surface area contributed by atoms with E-state index in [-0.39, 0.29) is 0 Å². The van der Waals surface area contributed by atoms with Gasteiger partial charge in [0, 0.05) is 11.6 Å². The number of hydrogen-bond acceptors (Lipinski definition) is 3. The van der Waals surface area contributed by atoms with Crippen LogP contribution in [-0.2, 0) is 0 Å². The molecule has 0 amide bonds. The van der Waals surface area contributed by atoms with Crippen molar-refractivity contribution in [2.45, 2.75) is 6.92 Å². The average Bonchev–Trinajstić information content (AvgIpc) is 3.03. The van der Waals surface area contributed by atoms with Crippen molar-refractivity contribution in [1.29, 1.82) is 0 Å². The maximum Gasteiger partial charge on any atom is 0.147 e. The zero-order valence-corrected chi connectivity index (χ0v) is 11.8. The number of nitrogens with two attached hydrogens (primary N) is 1. The van der Waals surface area contributed by atoms with E-state index in [1.165, 1.54) is 10.9 Å². The molecule has 2 N–H and O–H groups in total. The summed E-state index contributed by atoms with van der Waals surface area (Å²) in [4.78, 5) is 5.89. The average molecular weight is 279 g/mol. The third-order valence-corrected chi connectivity index (χ3v) is 4.57. The Morgan fingerprint density at radius 3 is 2.85 bits per heavy atom. The van der Waals surface area contributed by atoms with Crippen molar-refractivity contribution < 1.29 is 0 Å². The van der Waals surface area contributed by atoms with Crippen LogP contribution < -0.4 is 5.73 Å². The van der Waals surface area contributed by atoms with Crippen molar-refractivity contribution in [2.24, 2.45) is 0 Å². The molecule has 3 aromatic heterocycles. The monoisotopic (exact) mass is 279 g/mol. The highest BCUT2D eigenvalue weighted by Crippen LogP contribution is 2.33. The number of thiophene rings is 1. The Labute approximate surface area is 120 Å². The van der Waals surface area contributed by atoms with Gasteiger partial charge in [-0.1, -0.05) is 24.3 Å². The van der Waals surface area contributed by atoms with Gasteiger partial charge in [-0.05, 0) is 35.4 Å². The standard InChI is InChI=1S/C16H13N3S/c1-10-8-13(20-9-10)14-15(17)19-7-6-11-4-2-3-5-12(11)16(19)18-14/h2-9H,17H2,1H3. The second-order valence-electron chi connectivity index (χ2n) is 4.93. The SMILES string of the molecule is Cc1csc(-c2nc3c4ccccc4ccn3c2N)c1. The number of rotatable bonds is 1. The lowest BCUT2D eigenvalue weighted by Gasteiger charge is -2.00. The zero-order valence-electron chi connectivity index (χ0n) is 11.0. The fourth-order valence-electron chi connectivity index (χ4n) is 2.52. The molecule has 3 nitrogen and oxygen atoms in total. The second-order valence-corrected chi connectivity index (χ2v) is 5.84. The van der Waals surface area contributed by atoms with Gasteiger partial charge in [0.15, 0.2) is 0 Å². The van der Waals surface area contributed by atoms with Gasteiger partial charge in [0.25, 0.3) is 0 Å². The van der Waals surface area contributed by atoms with Crippen molar-refractivity contribution in [3.63, 3.8) is 0 Å². The quantitative estimate of drug-likeness (QED) is 0.570. The van der Waals surface area contributed by atoms with Crippen LogP contribution in [-0.4, -0.2) is 9.38 Å². The molecule has 0 saturated heterocycles. The predicted octanol–water partition coefficient (Wildman–Crippen LogP) is 4.11. The van der Waals surface area contributed by atoms with Gasteiger partial charge in [-0.3, -0.25) is 4.40 Å². The third kappa shape index (κ3) is 1.55. The van der Waals surface area contributed by atoms with E-state index in [0.29, 0.717) is 5.82 Å². The molecule has 0 atom stereocenters. The number of aryl methyl sites for hydroxylation is 1. The Hall–Kier alpha value is -2.33. The maximum absolute atomic E-state index is 6.28. The number of hydrogen-bond donors (Lipinski definition) is 1. The predicted molar refractivity (Wildman–Crippen MR) is 85.2 cm³/mol. The zero-order chi connectivity index (χ0) is 13.7. The topological polar surface area (TPSA) is 43.3 Å². The Balaban J connectivity index is 2.09. The summed E-state index contributed by atoms with van der Waals surface area (Å²) in [5.74, 6) is 0.701. The summed E-state index contributed by atoms with van der Waals surface area (Å²) < 4.78 is 1.96. The van der Waals surface area contributed by atoms with Crippen LogP contribution in [0.15, 0.2) is 48.0 Å². The minimum atomic E-state index is 0.701. The van der Waals surface area contributed by atoms with Crippen LogP contribution in [0.25, 0.3) is 27.0 Å². The van der Waals surface area contributed by atoms with Crippen LogP contribution in [0.4, 0.5) is 5.82 Å². The van der Waals surface area contributed by atoms with E-state index in [1.54, 1.807) is 11.3 Å². The van der Waals surface area contributed by atoms with Crippen LogP contribution in [0.2, 0.25) is 0 Å². The van der Waals surface area contributed by atoms with Gasteiger partial charge >= 0.3 is 0 Å². The van der Waals surface area contributed by atoms with Crippen LogP contribution in [0, 0.1) is 6.92 Å². The molecule has 0 fully saturated rings. The molecule has 4 rings (SSSR count). The molecule has 4 aromatic rings. The lowest BCUT2D eigenvalue weighted by atomic mass is 10.2. The number of benzene rings is 1. The Morgan fingerprint density at radius 2 is 2.05 bits per heavy atom. The van der Waals surface area contributed by atoms with Crippen molar-refractivity contribution in [3.05, 3.63) is 53.5 Å². The van der Waals surface area contributed by atoms with Crippen LogP contribution >= 0.6 is 11.3 Å². The first-order valence-corrected chi connectivity index (χ1v) is 7.33. The molecular weight excluding hydrogens is 266 g/mol. The van der Waals surface area contributed by atoms with Crippen LogP contribution in [0.5, 0.6) is 0 Å². The summed E-state index contributed by atoms with van der Waals surface area (Å²) in [6.45, 7) is 2.08. The fraction of sp³-hybridized carbons (Fsp3) is 0.0625. The molecule has 4 heteroatoms. The minimum Gasteiger partial charge on any atom is -0.383 e. The Morgan fingerprint density at radius 1 is 1.20 bits per heavy atom. The number of anilines is 1. The van der Waals surface area contributed by atoms with E-state index in [1.807, 2.05) is 22.7 Å². The first kappa shape index (κ1) is 11.5. The molecule has 0 aliphatic rings. The lowest BCUT2D eigenvalue weighted by molar-refractivity contribution is 1.21. The molecule has 0 saturated carbocycles. The van der Waals surface area contributed by atoms with Crippen LogP contribution in [0.1, 0.15) is 5.56 Å². The summed E-state index contributed by atoms with van der Waals surface area (Å²) in [7, 11) is 0. The van der Waals surface area contributed by atoms with E-state index in [0.717, 1.165) is 21.6 Å². The lowest BCUT2D eigenvalue weighted by Crippen LogP contribution is -1.93. The van der Waals surface area contributed by atoms with E-state index in [4.69, 9.17) is 10.7 Å². The number of nitrogens with zero attached hydrogens (tertiary/aromatic N) is 2. The molecule has 0 aliphatic carbocycles. The second kappa shape index (κ2) is 4.08. The smallest absolute Gasteiger partial charge is 0.147 e. The molecule has 0 bridgehead atoms. The van der Waals surface area contributed by atoms with E-state index in [2.05, 4.69) is 36.6 Å². The van der Waals surface area contributed by atoms with Gasteiger partial charge in [0.05, 0.1) is 4.88 Å². The summed E-state index contributed by atoms with van der Waals surface area (Å²) in [6.07, 6.45) is 1.99.